The van der Waals surface area contributed by atoms with Crippen LogP contribution in [0.4, 0.5) is 5.69 Å². The van der Waals surface area contributed by atoms with E-state index in [2.05, 4.69) is 5.32 Å². The minimum atomic E-state index is -0.356. The number of nitrogens with zero attached hydrogens (tertiary/aromatic N) is 2. The highest BCUT2D eigenvalue weighted by molar-refractivity contribution is 5.98. The van der Waals surface area contributed by atoms with Crippen LogP contribution in [0.15, 0.2) is 54.6 Å². The Hall–Kier alpha value is -3.15. The first-order valence-corrected chi connectivity index (χ1v) is 10.5. The van der Waals surface area contributed by atoms with Crippen molar-refractivity contribution < 1.29 is 14.4 Å². The van der Waals surface area contributed by atoms with Gasteiger partial charge >= 0.3 is 0 Å². The molecule has 0 spiro atoms. The Labute approximate surface area is 177 Å². The maximum Gasteiger partial charge on any atom is 0.253 e. The summed E-state index contributed by atoms with van der Waals surface area (Å²) in [6, 6.07) is 16.9. The zero-order chi connectivity index (χ0) is 21.5. The normalized spacial score (nSPS) is 15.9. The van der Waals surface area contributed by atoms with Crippen LogP contribution in [0.3, 0.4) is 0 Å². The molecule has 1 aliphatic rings. The van der Waals surface area contributed by atoms with Gasteiger partial charge in [0.1, 0.15) is 0 Å². The monoisotopic (exact) mass is 407 g/mol. The fraction of sp³-hybridized carbons (Fsp3) is 0.375. The van der Waals surface area contributed by atoms with Crippen molar-refractivity contribution in [1.82, 2.24) is 9.80 Å². The maximum absolute atomic E-state index is 12.6. The summed E-state index contributed by atoms with van der Waals surface area (Å²) in [5.74, 6) is -0.516. The van der Waals surface area contributed by atoms with Gasteiger partial charge in [0.15, 0.2) is 0 Å². The third-order valence-electron chi connectivity index (χ3n) is 5.55. The zero-order valence-electron chi connectivity index (χ0n) is 17.6. The first kappa shape index (κ1) is 21.6. The number of hydrogen-bond donors (Lipinski definition) is 1. The van der Waals surface area contributed by atoms with Crippen molar-refractivity contribution in [3.63, 3.8) is 0 Å². The number of benzene rings is 2. The van der Waals surface area contributed by atoms with Gasteiger partial charge in [-0.1, -0.05) is 30.3 Å². The molecule has 1 atom stereocenters. The number of likely N-dealkylation sites (tertiary alicyclic amines) is 1. The molecule has 1 N–H and O–H groups in total. The largest absolute Gasteiger partial charge is 0.342 e. The topological polar surface area (TPSA) is 69.7 Å². The zero-order valence-corrected chi connectivity index (χ0v) is 17.6. The summed E-state index contributed by atoms with van der Waals surface area (Å²) in [6.07, 6.45) is 1.02. The van der Waals surface area contributed by atoms with Crippen LogP contribution in [-0.4, -0.2) is 53.7 Å². The summed E-state index contributed by atoms with van der Waals surface area (Å²) in [7, 11) is 0. The number of carbonyl (C=O) groups is 3. The van der Waals surface area contributed by atoms with Gasteiger partial charge in [0, 0.05) is 43.9 Å². The third-order valence-corrected chi connectivity index (χ3v) is 5.55. The Bertz CT molecular complexity index is 876. The smallest absolute Gasteiger partial charge is 0.253 e. The van der Waals surface area contributed by atoms with E-state index in [1.807, 2.05) is 44.2 Å². The van der Waals surface area contributed by atoms with Gasteiger partial charge in [0.2, 0.25) is 11.8 Å². The number of amides is 3. The van der Waals surface area contributed by atoms with Crippen LogP contribution in [0.2, 0.25) is 0 Å². The molecule has 1 fully saturated rings. The van der Waals surface area contributed by atoms with E-state index in [0.29, 0.717) is 37.4 Å². The first-order chi connectivity index (χ1) is 14.5. The summed E-state index contributed by atoms with van der Waals surface area (Å²) in [6.45, 7) is 6.27. The second-order valence-corrected chi connectivity index (χ2v) is 7.52. The van der Waals surface area contributed by atoms with Crippen molar-refractivity contribution in [2.24, 2.45) is 5.92 Å². The Morgan fingerprint density at radius 2 is 1.70 bits per heavy atom. The maximum atomic E-state index is 12.6. The lowest BCUT2D eigenvalue weighted by Crippen LogP contribution is -2.30. The lowest BCUT2D eigenvalue weighted by atomic mass is 10.1. The minimum absolute atomic E-state index is 0.0197. The van der Waals surface area contributed by atoms with Crippen LogP contribution in [0.1, 0.15) is 36.2 Å². The van der Waals surface area contributed by atoms with E-state index >= 15 is 0 Å². The van der Waals surface area contributed by atoms with Gasteiger partial charge in [-0.2, -0.15) is 0 Å². The molecule has 2 aromatic rings. The van der Waals surface area contributed by atoms with Crippen molar-refractivity contribution in [3.05, 3.63) is 65.7 Å². The fourth-order valence-electron chi connectivity index (χ4n) is 3.71. The summed E-state index contributed by atoms with van der Waals surface area (Å²) >= 11 is 0. The van der Waals surface area contributed by atoms with Crippen molar-refractivity contribution in [2.45, 2.75) is 26.7 Å². The van der Waals surface area contributed by atoms with Crippen molar-refractivity contribution in [3.8, 4) is 0 Å². The predicted octanol–water partition coefficient (Wildman–Crippen LogP) is 3.20. The minimum Gasteiger partial charge on any atom is -0.342 e. The Kier molecular flexibility index (Phi) is 7.22. The Balaban J connectivity index is 1.53. The highest BCUT2D eigenvalue weighted by Crippen LogP contribution is 2.21. The Morgan fingerprint density at radius 3 is 2.33 bits per heavy atom. The molecule has 0 radical (unpaired) electrons. The molecule has 1 aliphatic heterocycles. The molecule has 6 heteroatoms. The molecular weight excluding hydrogens is 378 g/mol. The van der Waals surface area contributed by atoms with Crippen LogP contribution in [-0.2, 0) is 16.0 Å². The SMILES string of the molecule is CCN(CC)C(=O)c1ccc(NC(=O)[C@@H]2CC(=O)N(CCc3ccccc3)C2)cc1. The molecule has 0 bridgehead atoms. The van der Waals surface area contributed by atoms with E-state index < -0.39 is 0 Å². The standard InChI is InChI=1S/C24H29N3O3/c1-3-26(4-2)24(30)19-10-12-21(13-11-19)25-23(29)20-16-22(28)27(17-20)15-14-18-8-6-5-7-9-18/h5-13,20H,3-4,14-17H2,1-2H3,(H,25,29)/t20-/m1/s1. The average Bonchev–Trinajstić information content (AvgIpc) is 3.15. The molecule has 158 valence electrons. The van der Waals surface area contributed by atoms with E-state index in [0.717, 1.165) is 6.42 Å². The summed E-state index contributed by atoms with van der Waals surface area (Å²) < 4.78 is 0. The van der Waals surface area contributed by atoms with Gasteiger partial charge in [-0.05, 0) is 50.1 Å². The van der Waals surface area contributed by atoms with Gasteiger partial charge in [-0.3, -0.25) is 14.4 Å². The molecule has 6 nitrogen and oxygen atoms in total. The molecule has 0 aliphatic carbocycles. The summed E-state index contributed by atoms with van der Waals surface area (Å²) in [5, 5.41) is 2.88. The van der Waals surface area contributed by atoms with Gasteiger partial charge in [-0.15, -0.1) is 0 Å². The van der Waals surface area contributed by atoms with Crippen molar-refractivity contribution in [1.29, 1.82) is 0 Å². The van der Waals surface area contributed by atoms with E-state index in [1.54, 1.807) is 34.1 Å². The Morgan fingerprint density at radius 1 is 1.03 bits per heavy atom. The van der Waals surface area contributed by atoms with Crippen LogP contribution in [0.25, 0.3) is 0 Å². The molecule has 30 heavy (non-hydrogen) atoms. The molecule has 3 rings (SSSR count). The van der Waals surface area contributed by atoms with Crippen LogP contribution in [0, 0.1) is 5.92 Å². The third kappa shape index (κ3) is 5.26. The number of anilines is 1. The number of hydrogen-bond acceptors (Lipinski definition) is 3. The van der Waals surface area contributed by atoms with Gasteiger partial charge in [0.05, 0.1) is 5.92 Å². The van der Waals surface area contributed by atoms with E-state index in [1.165, 1.54) is 5.56 Å². The summed E-state index contributed by atoms with van der Waals surface area (Å²) in [4.78, 5) is 40.8. The molecule has 1 heterocycles. The lowest BCUT2D eigenvalue weighted by Gasteiger charge is -2.19. The van der Waals surface area contributed by atoms with Crippen LogP contribution < -0.4 is 5.32 Å². The molecule has 0 aromatic heterocycles. The van der Waals surface area contributed by atoms with E-state index in [9.17, 15) is 14.4 Å². The van der Waals surface area contributed by atoms with Gasteiger partial charge < -0.3 is 15.1 Å². The average molecular weight is 408 g/mol. The first-order valence-electron chi connectivity index (χ1n) is 10.5. The van der Waals surface area contributed by atoms with E-state index in [4.69, 9.17) is 0 Å². The van der Waals surface area contributed by atoms with Gasteiger partial charge in [-0.25, -0.2) is 0 Å². The molecule has 1 saturated heterocycles. The van der Waals surface area contributed by atoms with Crippen molar-refractivity contribution >= 4 is 23.4 Å². The molecular formula is C24H29N3O3. The van der Waals surface area contributed by atoms with E-state index in [-0.39, 0.29) is 30.1 Å². The molecule has 0 saturated carbocycles. The second kappa shape index (κ2) is 10.1. The van der Waals surface area contributed by atoms with Crippen LogP contribution >= 0.6 is 0 Å². The van der Waals surface area contributed by atoms with Gasteiger partial charge in [0.25, 0.3) is 5.91 Å². The molecule has 2 aromatic carbocycles. The quantitative estimate of drug-likeness (QED) is 0.731. The lowest BCUT2D eigenvalue weighted by molar-refractivity contribution is -0.128. The number of nitrogens with one attached hydrogen (secondary N) is 1. The second-order valence-electron chi connectivity index (χ2n) is 7.52. The number of rotatable bonds is 8. The fourth-order valence-corrected chi connectivity index (χ4v) is 3.71. The predicted molar refractivity (Wildman–Crippen MR) is 117 cm³/mol. The van der Waals surface area contributed by atoms with Crippen molar-refractivity contribution in [2.75, 3.05) is 31.5 Å². The highest BCUT2D eigenvalue weighted by atomic mass is 16.2. The summed E-state index contributed by atoms with van der Waals surface area (Å²) in [5.41, 5.74) is 2.41. The van der Waals surface area contributed by atoms with Crippen LogP contribution in [0.5, 0.6) is 0 Å². The number of carbonyl (C=O) groups excluding carboxylic acids is 3. The molecule has 3 amide bonds. The highest BCUT2D eigenvalue weighted by Gasteiger charge is 2.34. The molecule has 0 unspecified atom stereocenters.